The SMILES string of the molecule is CCn1c(=O)n(CC)c2nc(NC(=O)CCC(=O)N3CCOCC3)ccc21. The second-order valence-corrected chi connectivity index (χ2v) is 6.35. The Morgan fingerprint density at radius 1 is 1.11 bits per heavy atom. The van der Waals surface area contributed by atoms with Gasteiger partial charge in [-0.3, -0.25) is 18.7 Å². The number of imidazole rings is 1. The molecule has 0 bridgehead atoms. The molecule has 0 aromatic carbocycles. The Balaban J connectivity index is 1.66. The Kier molecular flexibility index (Phi) is 5.90. The van der Waals surface area contributed by atoms with Crippen molar-refractivity contribution < 1.29 is 14.3 Å². The number of aryl methyl sites for hydroxylation is 2. The monoisotopic (exact) mass is 375 g/mol. The fourth-order valence-corrected chi connectivity index (χ4v) is 3.25. The number of anilines is 1. The molecule has 0 radical (unpaired) electrons. The molecule has 0 saturated carbocycles. The van der Waals surface area contributed by atoms with Gasteiger partial charge in [0.05, 0.1) is 18.7 Å². The molecule has 2 aromatic rings. The maximum atomic E-state index is 12.4. The van der Waals surface area contributed by atoms with E-state index in [9.17, 15) is 14.4 Å². The van der Waals surface area contributed by atoms with Crippen LogP contribution in [-0.4, -0.2) is 57.1 Å². The van der Waals surface area contributed by atoms with Crippen molar-refractivity contribution in [3.8, 4) is 0 Å². The van der Waals surface area contributed by atoms with Crippen molar-refractivity contribution in [2.45, 2.75) is 39.8 Å². The first-order chi connectivity index (χ1) is 13.0. The van der Waals surface area contributed by atoms with E-state index in [0.717, 1.165) is 5.52 Å². The van der Waals surface area contributed by atoms with Gasteiger partial charge in [-0.05, 0) is 26.0 Å². The minimum Gasteiger partial charge on any atom is -0.378 e. The van der Waals surface area contributed by atoms with E-state index < -0.39 is 0 Å². The molecule has 9 heteroatoms. The molecule has 146 valence electrons. The Morgan fingerprint density at radius 3 is 2.48 bits per heavy atom. The number of pyridine rings is 1. The van der Waals surface area contributed by atoms with Crippen LogP contribution in [0.5, 0.6) is 0 Å². The van der Waals surface area contributed by atoms with Crippen molar-refractivity contribution in [3.63, 3.8) is 0 Å². The lowest BCUT2D eigenvalue weighted by Crippen LogP contribution is -2.40. The van der Waals surface area contributed by atoms with Crippen molar-refractivity contribution in [1.82, 2.24) is 19.0 Å². The van der Waals surface area contributed by atoms with Crippen LogP contribution >= 0.6 is 0 Å². The largest absolute Gasteiger partial charge is 0.378 e. The second-order valence-electron chi connectivity index (χ2n) is 6.35. The molecule has 1 aliphatic rings. The van der Waals surface area contributed by atoms with E-state index in [1.54, 1.807) is 26.2 Å². The summed E-state index contributed by atoms with van der Waals surface area (Å²) in [5.41, 5.74) is 1.18. The number of aromatic nitrogens is 3. The van der Waals surface area contributed by atoms with Gasteiger partial charge in [-0.25, -0.2) is 9.78 Å². The summed E-state index contributed by atoms with van der Waals surface area (Å²) in [4.78, 5) is 42.8. The van der Waals surface area contributed by atoms with E-state index in [2.05, 4.69) is 10.3 Å². The average molecular weight is 375 g/mol. The average Bonchev–Trinajstić information content (AvgIpc) is 2.96. The number of rotatable bonds is 6. The van der Waals surface area contributed by atoms with Gasteiger partial charge in [-0.2, -0.15) is 0 Å². The summed E-state index contributed by atoms with van der Waals surface area (Å²) < 4.78 is 8.45. The number of carbonyl (C=O) groups excluding carboxylic acids is 2. The third kappa shape index (κ3) is 4.02. The van der Waals surface area contributed by atoms with Gasteiger partial charge in [0.25, 0.3) is 0 Å². The van der Waals surface area contributed by atoms with Crippen molar-refractivity contribution in [2.75, 3.05) is 31.6 Å². The molecular weight excluding hydrogens is 350 g/mol. The highest BCUT2D eigenvalue weighted by Gasteiger charge is 2.18. The summed E-state index contributed by atoms with van der Waals surface area (Å²) in [6, 6.07) is 3.46. The van der Waals surface area contributed by atoms with Gasteiger partial charge in [0.1, 0.15) is 5.82 Å². The third-order valence-corrected chi connectivity index (χ3v) is 4.69. The highest BCUT2D eigenvalue weighted by molar-refractivity contribution is 5.93. The standard InChI is InChI=1S/C18H25N5O4/c1-3-22-13-5-6-14(20-17(13)23(4-2)18(22)26)19-15(24)7-8-16(25)21-9-11-27-12-10-21/h5-6H,3-4,7-12H2,1-2H3,(H,19,20,24). The Hall–Kier alpha value is -2.68. The molecule has 1 fully saturated rings. The molecule has 1 aliphatic heterocycles. The summed E-state index contributed by atoms with van der Waals surface area (Å²) in [5.74, 6) is 0.0576. The van der Waals surface area contributed by atoms with Crippen molar-refractivity contribution >= 4 is 28.8 Å². The normalized spacial score (nSPS) is 14.5. The summed E-state index contributed by atoms with van der Waals surface area (Å²) >= 11 is 0. The Labute approximate surface area is 156 Å². The van der Waals surface area contributed by atoms with Gasteiger partial charge >= 0.3 is 5.69 Å². The zero-order valence-corrected chi connectivity index (χ0v) is 15.7. The van der Waals surface area contributed by atoms with E-state index in [1.807, 2.05) is 13.8 Å². The molecule has 1 N–H and O–H groups in total. The molecule has 0 aliphatic carbocycles. The van der Waals surface area contributed by atoms with Crippen LogP contribution in [0.3, 0.4) is 0 Å². The first kappa shape index (κ1) is 19.1. The number of amides is 2. The van der Waals surface area contributed by atoms with Gasteiger partial charge in [0.2, 0.25) is 11.8 Å². The lowest BCUT2D eigenvalue weighted by atomic mass is 10.2. The van der Waals surface area contributed by atoms with Gasteiger partial charge < -0.3 is 15.0 Å². The van der Waals surface area contributed by atoms with Gasteiger partial charge in [-0.15, -0.1) is 0 Å². The highest BCUT2D eigenvalue weighted by Crippen LogP contribution is 2.15. The predicted molar refractivity (Wildman–Crippen MR) is 101 cm³/mol. The van der Waals surface area contributed by atoms with E-state index in [1.165, 1.54) is 0 Å². The minimum atomic E-state index is -0.274. The van der Waals surface area contributed by atoms with Crippen LogP contribution in [-0.2, 0) is 27.4 Å². The minimum absolute atomic E-state index is 0.0447. The quantitative estimate of drug-likeness (QED) is 0.806. The predicted octanol–water partition coefficient (Wildman–Crippen LogP) is 0.815. The van der Waals surface area contributed by atoms with Crippen LogP contribution in [0.15, 0.2) is 16.9 Å². The van der Waals surface area contributed by atoms with Crippen LogP contribution in [0.1, 0.15) is 26.7 Å². The molecule has 0 spiro atoms. The molecule has 0 atom stereocenters. The molecular formula is C18H25N5O4. The van der Waals surface area contributed by atoms with E-state index in [0.29, 0.717) is 50.9 Å². The van der Waals surface area contributed by atoms with Crippen molar-refractivity contribution in [1.29, 1.82) is 0 Å². The smallest absolute Gasteiger partial charge is 0.330 e. The number of morpholine rings is 1. The van der Waals surface area contributed by atoms with E-state index >= 15 is 0 Å². The van der Waals surface area contributed by atoms with Crippen LogP contribution < -0.4 is 11.0 Å². The van der Waals surface area contributed by atoms with Crippen LogP contribution in [0.25, 0.3) is 11.2 Å². The summed E-state index contributed by atoms with van der Waals surface area (Å²) in [6.45, 7) is 7.06. The van der Waals surface area contributed by atoms with Crippen LogP contribution in [0, 0.1) is 0 Å². The number of hydrogen-bond acceptors (Lipinski definition) is 5. The van der Waals surface area contributed by atoms with Crippen LogP contribution in [0.4, 0.5) is 5.82 Å². The molecule has 27 heavy (non-hydrogen) atoms. The third-order valence-electron chi connectivity index (χ3n) is 4.69. The first-order valence-corrected chi connectivity index (χ1v) is 9.30. The maximum Gasteiger partial charge on any atom is 0.330 e. The number of nitrogens with one attached hydrogen (secondary N) is 1. The van der Waals surface area contributed by atoms with Gasteiger partial charge in [0, 0.05) is 39.0 Å². The van der Waals surface area contributed by atoms with Crippen molar-refractivity contribution in [3.05, 3.63) is 22.6 Å². The summed E-state index contributed by atoms with van der Waals surface area (Å²) in [5, 5.41) is 2.72. The molecule has 2 amide bonds. The summed E-state index contributed by atoms with van der Waals surface area (Å²) in [7, 11) is 0. The Bertz CT molecular complexity index is 895. The fourth-order valence-electron chi connectivity index (χ4n) is 3.25. The molecule has 1 saturated heterocycles. The molecule has 9 nitrogen and oxygen atoms in total. The van der Waals surface area contributed by atoms with E-state index in [-0.39, 0.29) is 30.3 Å². The van der Waals surface area contributed by atoms with Crippen molar-refractivity contribution in [2.24, 2.45) is 0 Å². The second kappa shape index (κ2) is 8.34. The number of hydrogen-bond donors (Lipinski definition) is 1. The van der Waals surface area contributed by atoms with E-state index in [4.69, 9.17) is 4.74 Å². The zero-order chi connectivity index (χ0) is 19.4. The topological polar surface area (TPSA) is 98.5 Å². The molecule has 3 heterocycles. The molecule has 3 rings (SSSR count). The number of carbonyl (C=O) groups is 2. The zero-order valence-electron chi connectivity index (χ0n) is 15.7. The fraction of sp³-hybridized carbons (Fsp3) is 0.556. The number of nitrogens with zero attached hydrogens (tertiary/aromatic N) is 4. The molecule has 0 unspecified atom stereocenters. The van der Waals surface area contributed by atoms with Gasteiger partial charge in [-0.1, -0.05) is 0 Å². The number of fused-ring (bicyclic) bond motifs is 1. The van der Waals surface area contributed by atoms with Gasteiger partial charge in [0.15, 0.2) is 5.65 Å². The first-order valence-electron chi connectivity index (χ1n) is 9.30. The summed E-state index contributed by atoms with van der Waals surface area (Å²) in [6.07, 6.45) is 0.242. The molecule has 2 aromatic heterocycles. The maximum absolute atomic E-state index is 12.4. The highest BCUT2D eigenvalue weighted by atomic mass is 16.5. The lowest BCUT2D eigenvalue weighted by Gasteiger charge is -2.26. The lowest BCUT2D eigenvalue weighted by molar-refractivity contribution is -0.136. The van der Waals surface area contributed by atoms with Crippen LogP contribution in [0.2, 0.25) is 0 Å². The Morgan fingerprint density at radius 2 is 1.81 bits per heavy atom. The number of ether oxygens (including phenoxy) is 1.